The van der Waals surface area contributed by atoms with Gasteiger partial charge in [-0.2, -0.15) is 0 Å². The number of likely N-dealkylation sites (tertiary alicyclic amines) is 1. The second kappa shape index (κ2) is 5.49. The predicted molar refractivity (Wildman–Crippen MR) is 71.5 cm³/mol. The first-order valence-corrected chi connectivity index (χ1v) is 7.58. The van der Waals surface area contributed by atoms with Crippen molar-refractivity contribution in [3.05, 3.63) is 0 Å². The molecule has 2 aliphatic heterocycles. The van der Waals surface area contributed by atoms with Crippen LogP contribution in [0.5, 0.6) is 0 Å². The molecule has 0 bridgehead atoms. The fourth-order valence-corrected chi connectivity index (χ4v) is 3.78. The molecule has 0 aromatic carbocycles. The lowest BCUT2D eigenvalue weighted by atomic mass is 9.85. The van der Waals surface area contributed by atoms with Gasteiger partial charge in [0.25, 0.3) is 0 Å². The number of fused-ring (bicyclic) bond motifs is 1. The number of hydrogen-bond donors (Lipinski definition) is 1. The third-order valence-corrected chi connectivity index (χ3v) is 4.86. The summed E-state index contributed by atoms with van der Waals surface area (Å²) in [6.07, 6.45) is 5.90. The van der Waals surface area contributed by atoms with Crippen molar-refractivity contribution in [1.29, 1.82) is 0 Å². The molecule has 1 aliphatic carbocycles. The molecular weight excluding hydrogens is 242 g/mol. The van der Waals surface area contributed by atoms with Gasteiger partial charge in [0.2, 0.25) is 0 Å². The summed E-state index contributed by atoms with van der Waals surface area (Å²) in [5, 5.41) is 3.20. The molecule has 0 aromatic heterocycles. The van der Waals surface area contributed by atoms with E-state index in [1.54, 1.807) is 4.90 Å². The monoisotopic (exact) mass is 265 g/mol. The van der Waals surface area contributed by atoms with Gasteiger partial charge in [-0.3, -0.25) is 9.59 Å². The molecule has 3 aliphatic rings. The normalized spacial score (nSPS) is 31.2. The maximum atomic E-state index is 12.4. The van der Waals surface area contributed by atoms with Crippen molar-refractivity contribution in [1.82, 2.24) is 15.1 Å². The molecule has 0 aromatic rings. The molecule has 0 spiro atoms. The Balaban J connectivity index is 1.64. The van der Waals surface area contributed by atoms with Crippen LogP contribution in [0.15, 0.2) is 0 Å². The minimum atomic E-state index is -0.285. The summed E-state index contributed by atoms with van der Waals surface area (Å²) >= 11 is 0. The van der Waals surface area contributed by atoms with E-state index >= 15 is 0 Å². The van der Waals surface area contributed by atoms with Crippen LogP contribution >= 0.6 is 0 Å². The van der Waals surface area contributed by atoms with E-state index in [4.69, 9.17) is 0 Å². The fraction of sp³-hybridized carbons (Fsp3) is 0.857. The van der Waals surface area contributed by atoms with Crippen LogP contribution < -0.4 is 5.32 Å². The van der Waals surface area contributed by atoms with Crippen molar-refractivity contribution in [2.75, 3.05) is 32.7 Å². The van der Waals surface area contributed by atoms with Gasteiger partial charge in [-0.25, -0.2) is 0 Å². The fourth-order valence-electron chi connectivity index (χ4n) is 3.78. The molecule has 2 amide bonds. The Bertz CT molecular complexity index is 366. The van der Waals surface area contributed by atoms with E-state index in [-0.39, 0.29) is 11.8 Å². The molecule has 2 atom stereocenters. The molecule has 3 fully saturated rings. The Morgan fingerprint density at radius 2 is 1.63 bits per heavy atom. The quantitative estimate of drug-likeness (QED) is 0.637. The van der Waals surface area contributed by atoms with Crippen molar-refractivity contribution in [2.24, 2.45) is 5.92 Å². The molecule has 1 saturated carbocycles. The highest BCUT2D eigenvalue weighted by atomic mass is 16.2. The van der Waals surface area contributed by atoms with E-state index in [1.165, 1.54) is 19.3 Å². The number of carbonyl (C=O) groups excluding carboxylic acids is 2. The van der Waals surface area contributed by atoms with Gasteiger partial charge in [-0.05, 0) is 25.2 Å². The largest absolute Gasteiger partial charge is 0.332 e. The van der Waals surface area contributed by atoms with E-state index in [9.17, 15) is 9.59 Å². The lowest BCUT2D eigenvalue weighted by Crippen LogP contribution is -2.53. The van der Waals surface area contributed by atoms with Gasteiger partial charge in [0.05, 0.1) is 0 Å². The SMILES string of the molecule is O=C(C(=O)N1CCC2CCCCC21)N1CCNCC1. The van der Waals surface area contributed by atoms with Gasteiger partial charge in [0.1, 0.15) is 0 Å². The Hall–Kier alpha value is -1.10. The lowest BCUT2D eigenvalue weighted by molar-refractivity contribution is -0.153. The third kappa shape index (κ3) is 2.48. The lowest BCUT2D eigenvalue weighted by Gasteiger charge is -2.33. The van der Waals surface area contributed by atoms with Crippen LogP contribution in [-0.2, 0) is 9.59 Å². The second-order valence-corrected chi connectivity index (χ2v) is 5.94. The molecule has 2 unspecified atom stereocenters. The Morgan fingerprint density at radius 1 is 0.895 bits per heavy atom. The van der Waals surface area contributed by atoms with Crippen LogP contribution in [0.3, 0.4) is 0 Å². The predicted octanol–water partition coefficient (Wildman–Crippen LogP) is 0.209. The number of nitrogens with zero attached hydrogens (tertiary/aromatic N) is 2. The highest BCUT2D eigenvalue weighted by Crippen LogP contribution is 2.36. The summed E-state index contributed by atoms with van der Waals surface area (Å²) in [6.45, 7) is 3.70. The minimum Gasteiger partial charge on any atom is -0.332 e. The Labute approximate surface area is 114 Å². The van der Waals surface area contributed by atoms with Crippen molar-refractivity contribution < 1.29 is 9.59 Å². The van der Waals surface area contributed by atoms with Crippen LogP contribution in [0, 0.1) is 5.92 Å². The van der Waals surface area contributed by atoms with Crippen molar-refractivity contribution >= 4 is 11.8 Å². The van der Waals surface area contributed by atoms with Crippen LogP contribution in [0.2, 0.25) is 0 Å². The summed E-state index contributed by atoms with van der Waals surface area (Å²) in [5.41, 5.74) is 0. The summed E-state index contributed by atoms with van der Waals surface area (Å²) in [7, 11) is 0. The molecule has 3 rings (SSSR count). The number of rotatable bonds is 0. The third-order valence-electron chi connectivity index (χ3n) is 4.86. The second-order valence-electron chi connectivity index (χ2n) is 5.94. The van der Waals surface area contributed by atoms with Crippen LogP contribution in [0.25, 0.3) is 0 Å². The number of nitrogens with one attached hydrogen (secondary N) is 1. The smallest absolute Gasteiger partial charge is 0.312 e. The molecule has 2 saturated heterocycles. The van der Waals surface area contributed by atoms with Crippen LogP contribution in [-0.4, -0.2) is 60.4 Å². The standard InChI is InChI=1S/C14H23N3O2/c18-13(16-9-6-15-7-10-16)14(19)17-8-5-11-3-1-2-4-12(11)17/h11-12,15H,1-10H2. The maximum absolute atomic E-state index is 12.4. The van der Waals surface area contributed by atoms with E-state index in [1.807, 2.05) is 4.90 Å². The van der Waals surface area contributed by atoms with E-state index < -0.39 is 0 Å². The molecule has 0 radical (unpaired) electrons. The zero-order valence-electron chi connectivity index (χ0n) is 11.4. The van der Waals surface area contributed by atoms with Gasteiger partial charge in [-0.1, -0.05) is 12.8 Å². The molecule has 5 heteroatoms. The summed E-state index contributed by atoms with van der Waals surface area (Å²) in [6, 6.07) is 0.341. The zero-order valence-corrected chi connectivity index (χ0v) is 11.4. The topological polar surface area (TPSA) is 52.7 Å². The minimum absolute atomic E-state index is 0.253. The number of hydrogen-bond acceptors (Lipinski definition) is 3. The first-order chi connectivity index (χ1) is 9.27. The van der Waals surface area contributed by atoms with E-state index in [0.29, 0.717) is 25.0 Å². The highest BCUT2D eigenvalue weighted by Gasteiger charge is 2.41. The van der Waals surface area contributed by atoms with Gasteiger partial charge in [0.15, 0.2) is 0 Å². The van der Waals surface area contributed by atoms with Crippen LogP contribution in [0.4, 0.5) is 0 Å². The van der Waals surface area contributed by atoms with Crippen LogP contribution in [0.1, 0.15) is 32.1 Å². The molecule has 5 nitrogen and oxygen atoms in total. The number of piperazine rings is 1. The molecule has 2 heterocycles. The first-order valence-electron chi connectivity index (χ1n) is 7.58. The number of carbonyl (C=O) groups is 2. The van der Waals surface area contributed by atoms with E-state index in [2.05, 4.69) is 5.32 Å². The molecular formula is C14H23N3O2. The first kappa shape index (κ1) is 12.9. The number of amides is 2. The Kier molecular flexibility index (Phi) is 3.73. The highest BCUT2D eigenvalue weighted by molar-refractivity contribution is 6.35. The zero-order chi connectivity index (χ0) is 13.2. The summed E-state index contributed by atoms with van der Waals surface area (Å²) in [4.78, 5) is 28.3. The van der Waals surface area contributed by atoms with Crippen molar-refractivity contribution in [3.8, 4) is 0 Å². The van der Waals surface area contributed by atoms with Gasteiger partial charge >= 0.3 is 11.8 Å². The summed E-state index contributed by atoms with van der Waals surface area (Å²) in [5.74, 6) is 0.109. The van der Waals surface area contributed by atoms with Crippen molar-refractivity contribution in [2.45, 2.75) is 38.1 Å². The molecule has 1 N–H and O–H groups in total. The van der Waals surface area contributed by atoms with Gasteiger partial charge < -0.3 is 15.1 Å². The molecule has 106 valence electrons. The summed E-state index contributed by atoms with van der Waals surface area (Å²) < 4.78 is 0. The van der Waals surface area contributed by atoms with E-state index in [0.717, 1.165) is 32.5 Å². The van der Waals surface area contributed by atoms with Crippen molar-refractivity contribution in [3.63, 3.8) is 0 Å². The Morgan fingerprint density at radius 3 is 2.42 bits per heavy atom. The van der Waals surface area contributed by atoms with Gasteiger partial charge in [0, 0.05) is 38.8 Å². The maximum Gasteiger partial charge on any atom is 0.312 e. The van der Waals surface area contributed by atoms with Gasteiger partial charge in [-0.15, -0.1) is 0 Å². The average Bonchev–Trinajstić information content (AvgIpc) is 2.90. The average molecular weight is 265 g/mol. The molecule has 19 heavy (non-hydrogen) atoms.